The van der Waals surface area contributed by atoms with Crippen LogP contribution >= 0.6 is 0 Å². The third-order valence-corrected chi connectivity index (χ3v) is 3.41. The van der Waals surface area contributed by atoms with E-state index in [2.05, 4.69) is 26.3 Å². The summed E-state index contributed by atoms with van der Waals surface area (Å²) in [6.07, 6.45) is -0.0636. The first-order valence-electron chi connectivity index (χ1n) is 6.92. The minimum absolute atomic E-state index is 0.181. The molecule has 24 heavy (non-hydrogen) atoms. The summed E-state index contributed by atoms with van der Waals surface area (Å²) in [5.74, 6) is 0. The fraction of sp³-hybridized carbons (Fsp3) is 0.462. The molecule has 1 saturated heterocycles. The summed E-state index contributed by atoms with van der Waals surface area (Å²) in [7, 11) is 0. The minimum Gasteiger partial charge on any atom is -0.431 e. The van der Waals surface area contributed by atoms with Crippen LogP contribution in [0, 0.1) is 6.92 Å². The lowest BCUT2D eigenvalue weighted by Gasteiger charge is -2.16. The van der Waals surface area contributed by atoms with Crippen LogP contribution in [0.3, 0.4) is 0 Å². The molecule has 2 heterocycles. The average molecular weight is 337 g/mol. The Bertz CT molecular complexity index is 793. The Morgan fingerprint density at radius 2 is 2.42 bits per heavy atom. The SMILES string of the molecule is C=COC(=O)OC[C@H]1O[C@@H](n2cc(C)c(=O)[nH]c2=O)C[C@@H]1N=[N+]=[N-]. The van der Waals surface area contributed by atoms with Crippen LogP contribution in [0.5, 0.6) is 0 Å². The molecular weight excluding hydrogens is 322 g/mol. The van der Waals surface area contributed by atoms with E-state index in [0.717, 1.165) is 6.26 Å². The van der Waals surface area contributed by atoms with Crippen molar-refractivity contribution in [3.8, 4) is 0 Å². The smallest absolute Gasteiger partial charge is 0.431 e. The van der Waals surface area contributed by atoms with Gasteiger partial charge in [0.15, 0.2) is 0 Å². The van der Waals surface area contributed by atoms with Crippen molar-refractivity contribution in [3.05, 3.63) is 55.9 Å². The molecule has 0 spiro atoms. The molecule has 1 aliphatic rings. The Morgan fingerprint density at radius 3 is 3.08 bits per heavy atom. The number of carbonyl (C=O) groups excluding carboxylic acids is 1. The number of ether oxygens (including phenoxy) is 3. The third kappa shape index (κ3) is 3.83. The number of nitrogens with one attached hydrogen (secondary N) is 1. The molecule has 1 aromatic heterocycles. The highest BCUT2D eigenvalue weighted by Gasteiger charge is 2.37. The zero-order chi connectivity index (χ0) is 17.7. The molecule has 11 nitrogen and oxygen atoms in total. The van der Waals surface area contributed by atoms with Crippen molar-refractivity contribution in [2.24, 2.45) is 5.11 Å². The first-order valence-corrected chi connectivity index (χ1v) is 6.92. The molecule has 1 fully saturated rings. The van der Waals surface area contributed by atoms with Gasteiger partial charge in [-0.1, -0.05) is 11.7 Å². The van der Waals surface area contributed by atoms with Crippen molar-refractivity contribution in [1.82, 2.24) is 9.55 Å². The largest absolute Gasteiger partial charge is 0.513 e. The Balaban J connectivity index is 2.17. The van der Waals surface area contributed by atoms with Crippen molar-refractivity contribution in [1.29, 1.82) is 0 Å². The number of carbonyl (C=O) groups is 1. The lowest BCUT2D eigenvalue weighted by molar-refractivity contribution is -0.0380. The number of hydrogen-bond acceptors (Lipinski definition) is 7. The molecule has 0 aromatic carbocycles. The molecule has 0 aliphatic carbocycles. The molecule has 11 heteroatoms. The standard InChI is InChI=1S/C13H15N5O6/c1-3-22-13(21)23-6-9-8(16-17-14)4-10(24-9)18-5-7(2)11(19)15-12(18)20/h3,5,8-10H,1,4,6H2,2H3,(H,15,19,20)/t8-,9+,10+/m0/s1. The summed E-state index contributed by atoms with van der Waals surface area (Å²) in [5, 5.41) is 3.59. The van der Waals surface area contributed by atoms with Crippen LogP contribution in [0.15, 0.2) is 33.7 Å². The number of hydrogen-bond donors (Lipinski definition) is 1. The van der Waals surface area contributed by atoms with Crippen molar-refractivity contribution in [2.45, 2.75) is 31.7 Å². The fourth-order valence-corrected chi connectivity index (χ4v) is 2.28. The van der Waals surface area contributed by atoms with Gasteiger partial charge in [0.05, 0.1) is 12.3 Å². The van der Waals surface area contributed by atoms with E-state index < -0.39 is 35.8 Å². The van der Waals surface area contributed by atoms with Gasteiger partial charge in [0, 0.05) is 23.1 Å². The number of azide groups is 1. The monoisotopic (exact) mass is 337 g/mol. The Hall–Kier alpha value is -3.04. The predicted molar refractivity (Wildman–Crippen MR) is 80.2 cm³/mol. The lowest BCUT2D eigenvalue weighted by Crippen LogP contribution is -2.33. The first kappa shape index (κ1) is 17.3. The molecule has 2 rings (SSSR count). The van der Waals surface area contributed by atoms with Gasteiger partial charge in [-0.3, -0.25) is 14.3 Å². The van der Waals surface area contributed by atoms with Crippen LogP contribution in [-0.4, -0.2) is 34.5 Å². The van der Waals surface area contributed by atoms with E-state index in [1.54, 1.807) is 6.92 Å². The second-order valence-electron chi connectivity index (χ2n) is 4.96. The number of aromatic nitrogens is 2. The van der Waals surface area contributed by atoms with Gasteiger partial charge in [0.1, 0.15) is 18.9 Å². The van der Waals surface area contributed by atoms with Crippen LogP contribution < -0.4 is 11.2 Å². The summed E-state index contributed by atoms with van der Waals surface area (Å²) in [5.41, 5.74) is 7.82. The van der Waals surface area contributed by atoms with Gasteiger partial charge < -0.3 is 14.2 Å². The number of H-pyrrole nitrogens is 1. The molecule has 0 radical (unpaired) electrons. The van der Waals surface area contributed by atoms with E-state index in [1.165, 1.54) is 10.8 Å². The van der Waals surface area contributed by atoms with Crippen LogP contribution in [0.4, 0.5) is 4.79 Å². The predicted octanol–water partition coefficient (Wildman–Crippen LogP) is 1.11. The molecular formula is C13H15N5O6. The van der Waals surface area contributed by atoms with Gasteiger partial charge in [-0.15, -0.1) is 0 Å². The average Bonchev–Trinajstić information content (AvgIpc) is 2.92. The van der Waals surface area contributed by atoms with Gasteiger partial charge >= 0.3 is 11.8 Å². The van der Waals surface area contributed by atoms with E-state index in [4.69, 9.17) is 15.0 Å². The topological polar surface area (TPSA) is 148 Å². The minimum atomic E-state index is -0.978. The number of nitrogens with zero attached hydrogens (tertiary/aromatic N) is 4. The molecule has 0 bridgehead atoms. The molecule has 1 aliphatic heterocycles. The quantitative estimate of drug-likeness (QED) is 0.280. The van der Waals surface area contributed by atoms with Crippen LogP contribution in [0.25, 0.3) is 10.4 Å². The number of rotatable bonds is 5. The summed E-state index contributed by atoms with van der Waals surface area (Å²) >= 11 is 0. The summed E-state index contributed by atoms with van der Waals surface area (Å²) < 4.78 is 16.0. The maximum Gasteiger partial charge on any atom is 0.513 e. The van der Waals surface area contributed by atoms with Gasteiger partial charge in [-0.05, 0) is 12.5 Å². The zero-order valence-electron chi connectivity index (χ0n) is 12.7. The van der Waals surface area contributed by atoms with E-state index in [-0.39, 0.29) is 13.0 Å². The number of aryl methyl sites for hydroxylation is 1. The van der Waals surface area contributed by atoms with E-state index in [0.29, 0.717) is 5.56 Å². The van der Waals surface area contributed by atoms with Crippen LogP contribution in [-0.2, 0) is 14.2 Å². The normalized spacial score (nSPS) is 22.5. The van der Waals surface area contributed by atoms with Crippen molar-refractivity contribution in [2.75, 3.05) is 6.61 Å². The summed E-state index contributed by atoms with van der Waals surface area (Å²) in [6, 6.07) is -0.657. The fourth-order valence-electron chi connectivity index (χ4n) is 2.28. The first-order chi connectivity index (χ1) is 11.5. The number of aromatic amines is 1. The molecule has 1 aromatic rings. The molecule has 3 atom stereocenters. The molecule has 128 valence electrons. The second kappa shape index (κ2) is 7.49. The molecule has 1 N–H and O–H groups in total. The zero-order valence-corrected chi connectivity index (χ0v) is 12.7. The third-order valence-electron chi connectivity index (χ3n) is 3.41. The van der Waals surface area contributed by atoms with Gasteiger partial charge in [-0.25, -0.2) is 9.59 Å². The molecule has 0 saturated carbocycles. The highest BCUT2D eigenvalue weighted by atomic mass is 16.7. The van der Waals surface area contributed by atoms with Crippen LogP contribution in [0.2, 0.25) is 0 Å². The highest BCUT2D eigenvalue weighted by Crippen LogP contribution is 2.30. The highest BCUT2D eigenvalue weighted by molar-refractivity contribution is 5.60. The lowest BCUT2D eigenvalue weighted by atomic mass is 10.1. The Labute approximate surface area is 135 Å². The van der Waals surface area contributed by atoms with Crippen molar-refractivity contribution < 1.29 is 19.0 Å². The van der Waals surface area contributed by atoms with Gasteiger partial charge in [-0.2, -0.15) is 0 Å². The van der Waals surface area contributed by atoms with E-state index >= 15 is 0 Å². The Kier molecular flexibility index (Phi) is 5.40. The maximum absolute atomic E-state index is 11.9. The summed E-state index contributed by atoms with van der Waals surface area (Å²) in [6.45, 7) is 4.52. The van der Waals surface area contributed by atoms with Gasteiger partial charge in [0.2, 0.25) is 0 Å². The van der Waals surface area contributed by atoms with Crippen LogP contribution in [0.1, 0.15) is 18.2 Å². The van der Waals surface area contributed by atoms with E-state index in [9.17, 15) is 14.4 Å². The summed E-state index contributed by atoms with van der Waals surface area (Å²) in [4.78, 5) is 39.4. The van der Waals surface area contributed by atoms with Crippen molar-refractivity contribution in [3.63, 3.8) is 0 Å². The van der Waals surface area contributed by atoms with Gasteiger partial charge in [0.25, 0.3) is 5.56 Å². The van der Waals surface area contributed by atoms with E-state index in [1.807, 2.05) is 0 Å². The second-order valence-corrected chi connectivity index (χ2v) is 4.96. The van der Waals surface area contributed by atoms with Crippen molar-refractivity contribution >= 4 is 6.16 Å². The molecule has 0 amide bonds. The maximum atomic E-state index is 11.9. The Morgan fingerprint density at radius 1 is 1.67 bits per heavy atom. The molecule has 0 unspecified atom stereocenters.